The Bertz CT molecular complexity index is 654. The Balaban J connectivity index is 0.00000176. The van der Waals surface area contributed by atoms with E-state index >= 15 is 0 Å². The number of halogens is 1. The van der Waals surface area contributed by atoms with Crippen LogP contribution < -0.4 is 0 Å². The number of carboxylic acids is 1. The maximum atomic E-state index is 13.6. The lowest BCUT2D eigenvalue weighted by Crippen LogP contribution is -2.47. The maximum absolute atomic E-state index is 13.6. The van der Waals surface area contributed by atoms with Gasteiger partial charge in [-0.2, -0.15) is 0 Å². The Hall–Kier alpha value is -1.42. The van der Waals surface area contributed by atoms with Crippen molar-refractivity contribution in [1.29, 1.82) is 0 Å². The van der Waals surface area contributed by atoms with Crippen LogP contribution in [0.25, 0.3) is 0 Å². The molecule has 3 rings (SSSR count). The van der Waals surface area contributed by atoms with Crippen LogP contribution in [0.1, 0.15) is 103 Å². The van der Waals surface area contributed by atoms with E-state index in [4.69, 9.17) is 0 Å². The second-order valence-electron chi connectivity index (χ2n) is 10.1. The van der Waals surface area contributed by atoms with Gasteiger partial charge in [0.05, 0.1) is 0 Å². The van der Waals surface area contributed by atoms with Gasteiger partial charge in [0.1, 0.15) is 5.82 Å². The highest BCUT2D eigenvalue weighted by atomic mass is 19.1. The number of aliphatic carboxylic acids is 1. The number of carboxylic acid groups (broad SMARTS) is 1. The molecule has 0 aromatic heterocycles. The molecule has 0 radical (unpaired) electrons. The van der Waals surface area contributed by atoms with Crippen LogP contribution in [0.3, 0.4) is 0 Å². The minimum Gasteiger partial charge on any atom is -0.481 e. The fourth-order valence-electron chi connectivity index (χ4n) is 5.82. The monoisotopic (exact) mass is 447 g/mol. The smallest absolute Gasteiger partial charge is 0.303 e. The van der Waals surface area contributed by atoms with Crippen molar-refractivity contribution in [1.82, 2.24) is 4.90 Å². The van der Waals surface area contributed by atoms with Gasteiger partial charge in [-0.25, -0.2) is 4.39 Å². The summed E-state index contributed by atoms with van der Waals surface area (Å²) in [6.45, 7) is 10.8. The summed E-state index contributed by atoms with van der Waals surface area (Å²) in [7, 11) is 0. The SMILES string of the molecule is CC.CC(C)CCN(CC1CCCCC1)C1CCCC(CC(=O)O)C1c1ccc(F)cc1. The van der Waals surface area contributed by atoms with E-state index in [1.807, 2.05) is 26.0 Å². The van der Waals surface area contributed by atoms with Crippen LogP contribution in [-0.2, 0) is 4.79 Å². The highest BCUT2D eigenvalue weighted by molar-refractivity contribution is 5.67. The van der Waals surface area contributed by atoms with Gasteiger partial charge in [-0.3, -0.25) is 9.69 Å². The third-order valence-electron chi connectivity index (χ3n) is 7.37. The number of nitrogens with zero attached hydrogens (tertiary/aromatic N) is 1. The quantitative estimate of drug-likeness (QED) is 0.426. The maximum Gasteiger partial charge on any atom is 0.303 e. The zero-order valence-electron chi connectivity index (χ0n) is 20.9. The average molecular weight is 448 g/mol. The Morgan fingerprint density at radius 2 is 1.69 bits per heavy atom. The van der Waals surface area contributed by atoms with Crippen molar-refractivity contribution in [3.8, 4) is 0 Å². The summed E-state index contributed by atoms with van der Waals surface area (Å²) in [6, 6.07) is 7.23. The molecule has 3 atom stereocenters. The van der Waals surface area contributed by atoms with Gasteiger partial charge < -0.3 is 5.11 Å². The van der Waals surface area contributed by atoms with E-state index in [0.717, 1.165) is 43.8 Å². The standard InChI is InChI=1S/C26H40FNO2.C2H6/c1-19(2)15-16-28(18-20-7-4-3-5-8-20)24-10-6-9-22(17-25(29)30)26(24)21-11-13-23(27)14-12-21;1-2/h11-14,19-20,22,24,26H,3-10,15-18H2,1-2H3,(H,29,30);1-2H3. The van der Waals surface area contributed by atoms with Gasteiger partial charge in [0.25, 0.3) is 0 Å². The predicted molar refractivity (Wildman–Crippen MR) is 131 cm³/mol. The lowest BCUT2D eigenvalue weighted by molar-refractivity contribution is -0.138. The van der Waals surface area contributed by atoms with Crippen molar-refractivity contribution in [3.63, 3.8) is 0 Å². The molecule has 182 valence electrons. The molecule has 3 unspecified atom stereocenters. The van der Waals surface area contributed by atoms with Crippen molar-refractivity contribution in [2.75, 3.05) is 13.1 Å². The van der Waals surface area contributed by atoms with Crippen LogP contribution in [-0.4, -0.2) is 35.1 Å². The van der Waals surface area contributed by atoms with Gasteiger partial charge in [-0.15, -0.1) is 0 Å². The molecule has 2 aliphatic rings. The van der Waals surface area contributed by atoms with Gasteiger partial charge in [-0.1, -0.05) is 65.5 Å². The summed E-state index contributed by atoms with van der Waals surface area (Å²) in [4.78, 5) is 14.3. The molecular formula is C28H46FNO2. The van der Waals surface area contributed by atoms with Crippen molar-refractivity contribution < 1.29 is 14.3 Å². The lowest BCUT2D eigenvalue weighted by atomic mass is 9.70. The molecule has 2 aliphatic carbocycles. The second-order valence-corrected chi connectivity index (χ2v) is 10.1. The number of rotatable bonds is 9. The minimum absolute atomic E-state index is 0.125. The Labute approximate surface area is 195 Å². The third-order valence-corrected chi connectivity index (χ3v) is 7.37. The zero-order chi connectivity index (χ0) is 23.5. The number of carbonyl (C=O) groups is 1. The molecule has 0 spiro atoms. The highest BCUT2D eigenvalue weighted by Gasteiger charge is 2.39. The van der Waals surface area contributed by atoms with Gasteiger partial charge in [0, 0.05) is 24.9 Å². The van der Waals surface area contributed by atoms with Crippen molar-refractivity contribution in [2.24, 2.45) is 17.8 Å². The molecule has 0 saturated heterocycles. The van der Waals surface area contributed by atoms with E-state index in [2.05, 4.69) is 18.7 Å². The Morgan fingerprint density at radius 1 is 1.03 bits per heavy atom. The van der Waals surface area contributed by atoms with Crippen molar-refractivity contribution >= 4 is 5.97 Å². The van der Waals surface area contributed by atoms with E-state index in [-0.39, 0.29) is 24.1 Å². The highest BCUT2D eigenvalue weighted by Crippen LogP contribution is 2.43. The van der Waals surface area contributed by atoms with Crippen LogP contribution in [0.15, 0.2) is 24.3 Å². The fraction of sp³-hybridized carbons (Fsp3) is 0.750. The van der Waals surface area contributed by atoms with Crippen LogP contribution in [0.4, 0.5) is 4.39 Å². The predicted octanol–water partition coefficient (Wildman–Crippen LogP) is 7.51. The van der Waals surface area contributed by atoms with Crippen LogP contribution in [0.2, 0.25) is 0 Å². The summed E-state index contributed by atoms with van der Waals surface area (Å²) in [5.41, 5.74) is 1.12. The second kappa shape index (κ2) is 14.0. The number of benzene rings is 1. The van der Waals surface area contributed by atoms with Gasteiger partial charge in [-0.05, 0) is 74.1 Å². The Morgan fingerprint density at radius 3 is 2.28 bits per heavy atom. The lowest BCUT2D eigenvalue weighted by Gasteiger charge is -2.46. The first-order valence-corrected chi connectivity index (χ1v) is 13.2. The molecular weight excluding hydrogens is 401 g/mol. The minimum atomic E-state index is -0.714. The topological polar surface area (TPSA) is 40.5 Å². The fourth-order valence-corrected chi connectivity index (χ4v) is 5.82. The summed E-state index contributed by atoms with van der Waals surface area (Å²) in [6.07, 6.45) is 11.2. The van der Waals surface area contributed by atoms with E-state index in [1.54, 1.807) is 12.1 Å². The van der Waals surface area contributed by atoms with E-state index < -0.39 is 5.97 Å². The van der Waals surface area contributed by atoms with Gasteiger partial charge >= 0.3 is 5.97 Å². The molecule has 2 fully saturated rings. The molecule has 0 aliphatic heterocycles. The zero-order valence-corrected chi connectivity index (χ0v) is 20.9. The van der Waals surface area contributed by atoms with Gasteiger partial charge in [0.15, 0.2) is 0 Å². The molecule has 0 amide bonds. The van der Waals surface area contributed by atoms with E-state index in [9.17, 15) is 14.3 Å². The first kappa shape index (κ1) is 26.8. The third kappa shape index (κ3) is 8.17. The molecule has 1 aromatic rings. The molecule has 32 heavy (non-hydrogen) atoms. The molecule has 1 N–H and O–H groups in total. The normalized spacial score (nSPS) is 24.3. The molecule has 0 bridgehead atoms. The molecule has 0 heterocycles. The molecule has 4 heteroatoms. The molecule has 2 saturated carbocycles. The van der Waals surface area contributed by atoms with Gasteiger partial charge in [0.2, 0.25) is 0 Å². The number of hydrogen-bond donors (Lipinski definition) is 1. The van der Waals surface area contributed by atoms with E-state index in [0.29, 0.717) is 12.0 Å². The number of hydrogen-bond acceptors (Lipinski definition) is 2. The van der Waals surface area contributed by atoms with Crippen LogP contribution in [0, 0.1) is 23.6 Å². The molecule has 1 aromatic carbocycles. The van der Waals surface area contributed by atoms with Crippen molar-refractivity contribution in [3.05, 3.63) is 35.6 Å². The Kier molecular flexibility index (Phi) is 11.7. The molecule has 3 nitrogen and oxygen atoms in total. The summed E-state index contributed by atoms with van der Waals surface area (Å²) < 4.78 is 13.6. The first-order chi connectivity index (χ1) is 15.4. The largest absolute Gasteiger partial charge is 0.481 e. The first-order valence-electron chi connectivity index (χ1n) is 13.2. The van der Waals surface area contributed by atoms with Crippen molar-refractivity contribution in [2.45, 2.75) is 104 Å². The van der Waals surface area contributed by atoms with Crippen LogP contribution in [0.5, 0.6) is 0 Å². The van der Waals surface area contributed by atoms with E-state index in [1.165, 1.54) is 38.5 Å². The summed E-state index contributed by atoms with van der Waals surface area (Å²) in [5, 5.41) is 9.56. The average Bonchev–Trinajstić information content (AvgIpc) is 2.79. The summed E-state index contributed by atoms with van der Waals surface area (Å²) >= 11 is 0. The summed E-state index contributed by atoms with van der Waals surface area (Å²) in [5.74, 6) is 0.778. The van der Waals surface area contributed by atoms with Crippen LogP contribution >= 0.6 is 0 Å².